The van der Waals surface area contributed by atoms with Crippen molar-refractivity contribution >= 4 is 11.4 Å². The summed E-state index contributed by atoms with van der Waals surface area (Å²) in [6.45, 7) is 0. The summed E-state index contributed by atoms with van der Waals surface area (Å²) in [6.07, 6.45) is 3.65. The number of aromatic nitrogens is 2. The van der Waals surface area contributed by atoms with Gasteiger partial charge in [0.15, 0.2) is 0 Å². The SMILES string of the molecule is Cn1cc(-c2ccc(N)c(NO)c2)cn1. The Morgan fingerprint density at radius 1 is 1.40 bits per heavy atom. The number of nitrogens with one attached hydrogen (secondary N) is 1. The van der Waals surface area contributed by atoms with Crippen LogP contribution in [0.25, 0.3) is 11.1 Å². The highest BCUT2D eigenvalue weighted by Gasteiger charge is 2.03. The van der Waals surface area contributed by atoms with Crippen LogP contribution >= 0.6 is 0 Å². The van der Waals surface area contributed by atoms with Gasteiger partial charge in [-0.1, -0.05) is 6.07 Å². The van der Waals surface area contributed by atoms with Gasteiger partial charge in [-0.2, -0.15) is 5.10 Å². The van der Waals surface area contributed by atoms with Crippen molar-refractivity contribution < 1.29 is 5.21 Å². The lowest BCUT2D eigenvalue weighted by molar-refractivity contribution is 0.389. The fourth-order valence-electron chi connectivity index (χ4n) is 1.40. The molecular weight excluding hydrogens is 192 g/mol. The van der Waals surface area contributed by atoms with Crippen LogP contribution in [0.4, 0.5) is 11.4 Å². The highest BCUT2D eigenvalue weighted by Crippen LogP contribution is 2.26. The molecule has 1 heterocycles. The number of hydrogen-bond donors (Lipinski definition) is 3. The van der Waals surface area contributed by atoms with Crippen molar-refractivity contribution in [2.75, 3.05) is 11.2 Å². The quantitative estimate of drug-likeness (QED) is 0.511. The van der Waals surface area contributed by atoms with Gasteiger partial charge in [0.1, 0.15) is 0 Å². The minimum atomic E-state index is 0.497. The third-order valence-electron chi connectivity index (χ3n) is 2.21. The molecule has 78 valence electrons. The number of anilines is 2. The van der Waals surface area contributed by atoms with Gasteiger partial charge >= 0.3 is 0 Å². The van der Waals surface area contributed by atoms with Crippen LogP contribution in [0.5, 0.6) is 0 Å². The van der Waals surface area contributed by atoms with Gasteiger partial charge < -0.3 is 5.73 Å². The molecule has 1 aromatic heterocycles. The first-order valence-corrected chi connectivity index (χ1v) is 4.49. The number of benzene rings is 1. The van der Waals surface area contributed by atoms with Gasteiger partial charge in [-0.25, -0.2) is 0 Å². The van der Waals surface area contributed by atoms with Gasteiger partial charge in [-0.15, -0.1) is 0 Å². The summed E-state index contributed by atoms with van der Waals surface area (Å²) < 4.78 is 1.72. The number of hydrogen-bond acceptors (Lipinski definition) is 4. The summed E-state index contributed by atoms with van der Waals surface area (Å²) in [5.41, 5.74) is 10.6. The van der Waals surface area contributed by atoms with E-state index in [2.05, 4.69) is 10.6 Å². The molecule has 0 saturated carbocycles. The van der Waals surface area contributed by atoms with Crippen LogP contribution in [0.1, 0.15) is 0 Å². The standard InChI is InChI=1S/C10H12N4O/c1-14-6-8(5-12-14)7-2-3-9(11)10(4-7)13-15/h2-6,13,15H,11H2,1H3. The Morgan fingerprint density at radius 2 is 2.20 bits per heavy atom. The third kappa shape index (κ3) is 1.77. The van der Waals surface area contributed by atoms with E-state index in [4.69, 9.17) is 10.9 Å². The third-order valence-corrected chi connectivity index (χ3v) is 2.21. The lowest BCUT2D eigenvalue weighted by Crippen LogP contribution is -1.96. The van der Waals surface area contributed by atoms with Crippen LogP contribution in [0.15, 0.2) is 30.6 Å². The molecule has 4 N–H and O–H groups in total. The molecule has 0 aliphatic rings. The van der Waals surface area contributed by atoms with Crippen molar-refractivity contribution in [1.29, 1.82) is 0 Å². The van der Waals surface area contributed by atoms with Crippen molar-refractivity contribution in [1.82, 2.24) is 9.78 Å². The van der Waals surface area contributed by atoms with Gasteiger partial charge in [0.25, 0.3) is 0 Å². The molecule has 0 amide bonds. The Bertz CT molecular complexity index is 478. The number of rotatable bonds is 2. The Kier molecular flexibility index (Phi) is 2.31. The molecule has 0 radical (unpaired) electrons. The first kappa shape index (κ1) is 9.54. The summed E-state index contributed by atoms with van der Waals surface area (Å²) in [5.74, 6) is 0. The van der Waals surface area contributed by atoms with Crippen molar-refractivity contribution in [3.8, 4) is 11.1 Å². The molecule has 5 heteroatoms. The molecule has 1 aromatic carbocycles. The van der Waals surface area contributed by atoms with E-state index in [0.29, 0.717) is 11.4 Å². The molecule has 0 spiro atoms. The zero-order valence-corrected chi connectivity index (χ0v) is 8.31. The average molecular weight is 204 g/mol. The van der Waals surface area contributed by atoms with E-state index in [0.717, 1.165) is 11.1 Å². The maximum Gasteiger partial charge on any atom is 0.0837 e. The largest absolute Gasteiger partial charge is 0.397 e. The molecule has 2 rings (SSSR count). The predicted octanol–water partition coefficient (Wildman–Crippen LogP) is 1.47. The summed E-state index contributed by atoms with van der Waals surface area (Å²) >= 11 is 0. The molecule has 0 unspecified atom stereocenters. The maximum absolute atomic E-state index is 8.84. The highest BCUT2D eigenvalue weighted by molar-refractivity contribution is 5.74. The van der Waals surface area contributed by atoms with Gasteiger partial charge in [0.2, 0.25) is 0 Å². The van der Waals surface area contributed by atoms with E-state index in [1.165, 1.54) is 0 Å². The maximum atomic E-state index is 8.84. The number of nitrogen functional groups attached to an aromatic ring is 1. The van der Waals surface area contributed by atoms with Gasteiger partial charge in [-0.05, 0) is 17.7 Å². The molecule has 0 bridgehead atoms. The van der Waals surface area contributed by atoms with Crippen LogP contribution in [-0.2, 0) is 7.05 Å². The molecule has 5 nitrogen and oxygen atoms in total. The van der Waals surface area contributed by atoms with E-state index in [1.54, 1.807) is 23.0 Å². The van der Waals surface area contributed by atoms with E-state index in [1.807, 2.05) is 19.3 Å². The van der Waals surface area contributed by atoms with Crippen molar-refractivity contribution in [2.24, 2.45) is 7.05 Å². The monoisotopic (exact) mass is 204 g/mol. The van der Waals surface area contributed by atoms with Crippen molar-refractivity contribution in [3.05, 3.63) is 30.6 Å². The molecule has 2 aromatic rings. The van der Waals surface area contributed by atoms with Gasteiger partial charge in [-0.3, -0.25) is 15.4 Å². The first-order chi connectivity index (χ1) is 7.20. The van der Waals surface area contributed by atoms with Gasteiger partial charge in [0.05, 0.1) is 17.6 Å². The van der Waals surface area contributed by atoms with Crippen LogP contribution < -0.4 is 11.2 Å². The second-order valence-electron chi connectivity index (χ2n) is 3.32. The van der Waals surface area contributed by atoms with E-state index in [9.17, 15) is 0 Å². The zero-order chi connectivity index (χ0) is 10.8. The van der Waals surface area contributed by atoms with Gasteiger partial charge in [0, 0.05) is 18.8 Å². The predicted molar refractivity (Wildman–Crippen MR) is 58.5 cm³/mol. The Hall–Kier alpha value is -2.01. The first-order valence-electron chi connectivity index (χ1n) is 4.49. The molecule has 0 aliphatic heterocycles. The second-order valence-corrected chi connectivity index (χ2v) is 3.32. The Morgan fingerprint density at radius 3 is 2.80 bits per heavy atom. The fourth-order valence-corrected chi connectivity index (χ4v) is 1.40. The highest BCUT2D eigenvalue weighted by atomic mass is 16.5. The van der Waals surface area contributed by atoms with Crippen LogP contribution in [0, 0.1) is 0 Å². The minimum absolute atomic E-state index is 0.497. The summed E-state index contributed by atoms with van der Waals surface area (Å²) in [4.78, 5) is 0. The zero-order valence-electron chi connectivity index (χ0n) is 8.31. The normalized spacial score (nSPS) is 10.3. The molecule has 0 atom stereocenters. The van der Waals surface area contributed by atoms with Crippen molar-refractivity contribution in [3.63, 3.8) is 0 Å². The van der Waals surface area contributed by atoms with Crippen molar-refractivity contribution in [2.45, 2.75) is 0 Å². The smallest absolute Gasteiger partial charge is 0.0837 e. The molecule has 0 fully saturated rings. The molecular formula is C10H12N4O. The Labute approximate surface area is 87.1 Å². The van der Waals surface area contributed by atoms with Crippen LogP contribution in [-0.4, -0.2) is 15.0 Å². The summed E-state index contributed by atoms with van der Waals surface area (Å²) in [7, 11) is 1.85. The van der Waals surface area contributed by atoms with E-state index < -0.39 is 0 Å². The molecule has 15 heavy (non-hydrogen) atoms. The number of aryl methyl sites for hydroxylation is 1. The average Bonchev–Trinajstić information content (AvgIpc) is 2.66. The molecule has 0 saturated heterocycles. The number of nitrogens with two attached hydrogens (primary N) is 1. The van der Waals surface area contributed by atoms with E-state index >= 15 is 0 Å². The van der Waals surface area contributed by atoms with Crippen LogP contribution in [0.3, 0.4) is 0 Å². The fraction of sp³-hybridized carbons (Fsp3) is 0.100. The lowest BCUT2D eigenvalue weighted by Gasteiger charge is -2.05. The molecule has 0 aliphatic carbocycles. The minimum Gasteiger partial charge on any atom is -0.397 e. The number of nitrogens with zero attached hydrogens (tertiary/aromatic N) is 2. The van der Waals surface area contributed by atoms with Crippen LogP contribution in [0.2, 0.25) is 0 Å². The summed E-state index contributed by atoms with van der Waals surface area (Å²) in [5, 5.41) is 12.9. The topological polar surface area (TPSA) is 76.1 Å². The lowest BCUT2D eigenvalue weighted by atomic mass is 10.1. The second kappa shape index (κ2) is 3.62. The van der Waals surface area contributed by atoms with E-state index in [-0.39, 0.29) is 0 Å². The Balaban J connectivity index is 2.45. The summed E-state index contributed by atoms with van der Waals surface area (Å²) in [6, 6.07) is 5.39.